The summed E-state index contributed by atoms with van der Waals surface area (Å²) in [7, 11) is 0. The molecule has 8 heteroatoms. The van der Waals surface area contributed by atoms with E-state index < -0.39 is 0 Å². The summed E-state index contributed by atoms with van der Waals surface area (Å²) in [4.78, 5) is 4.55. The third kappa shape index (κ3) is 4.00. The fourth-order valence-corrected chi connectivity index (χ4v) is 3.27. The van der Waals surface area contributed by atoms with E-state index in [1.807, 2.05) is 0 Å². The van der Waals surface area contributed by atoms with Crippen LogP contribution in [-0.2, 0) is 0 Å². The molecule has 0 amide bonds. The molecule has 0 saturated carbocycles. The second kappa shape index (κ2) is 7.95. The van der Waals surface area contributed by atoms with E-state index >= 15 is 0 Å². The van der Waals surface area contributed by atoms with Crippen LogP contribution in [-0.4, -0.2) is 69.7 Å². The molecule has 2 aliphatic rings. The van der Waals surface area contributed by atoms with Crippen LogP contribution < -0.4 is 4.90 Å². The Morgan fingerprint density at radius 1 is 1.20 bits per heavy atom. The first-order valence-electron chi connectivity index (χ1n) is 8.41. The van der Waals surface area contributed by atoms with Gasteiger partial charge in [0.2, 0.25) is 0 Å². The highest BCUT2D eigenvalue weighted by atomic mass is 35.5. The minimum Gasteiger partial charge on any atom is -0.507 e. The molecule has 4 N–H and O–H groups in total. The van der Waals surface area contributed by atoms with Crippen molar-refractivity contribution in [3.05, 3.63) is 40.6 Å². The fraction of sp³-hybridized carbons (Fsp3) is 0.471. The summed E-state index contributed by atoms with van der Waals surface area (Å²) in [6.07, 6.45) is 5.94. The molecule has 0 radical (unpaired) electrons. The lowest BCUT2D eigenvalue weighted by molar-refractivity contribution is 0.216. The van der Waals surface area contributed by atoms with Crippen molar-refractivity contribution in [2.24, 2.45) is 0 Å². The number of aromatic nitrogens is 2. The quantitative estimate of drug-likeness (QED) is 0.637. The number of halogens is 1. The van der Waals surface area contributed by atoms with E-state index in [4.69, 9.17) is 16.7 Å². The van der Waals surface area contributed by atoms with Gasteiger partial charge in [-0.05, 0) is 6.42 Å². The number of aliphatic hydroxyl groups is 3. The number of nitrogens with zero attached hydrogens (tertiary/aromatic N) is 3. The molecular weight excluding hydrogens is 344 g/mol. The summed E-state index contributed by atoms with van der Waals surface area (Å²) in [6, 6.07) is 0. The molecule has 1 aliphatic carbocycles. The molecule has 0 bridgehead atoms. The number of piperazine rings is 1. The normalized spacial score (nSPS) is 19.7. The summed E-state index contributed by atoms with van der Waals surface area (Å²) in [5.74, 6) is -0.163. The zero-order chi connectivity index (χ0) is 17.8. The molecule has 0 aromatic carbocycles. The molecule has 0 unspecified atom stereocenters. The summed E-state index contributed by atoms with van der Waals surface area (Å²) in [5, 5.41) is 36.4. The van der Waals surface area contributed by atoms with Gasteiger partial charge in [0.05, 0.1) is 22.6 Å². The van der Waals surface area contributed by atoms with Crippen LogP contribution in [0.1, 0.15) is 18.5 Å². The van der Waals surface area contributed by atoms with E-state index in [9.17, 15) is 10.2 Å². The minimum atomic E-state index is -0.121. The topological polar surface area (TPSA) is 95.9 Å². The fourth-order valence-electron chi connectivity index (χ4n) is 3.14. The Hall–Kier alpha value is -1.96. The molecule has 1 aromatic rings. The van der Waals surface area contributed by atoms with Gasteiger partial charge in [-0.2, -0.15) is 5.10 Å². The van der Waals surface area contributed by atoms with Gasteiger partial charge < -0.3 is 20.2 Å². The monoisotopic (exact) mass is 366 g/mol. The number of nitrogens with one attached hydrogen (secondary N) is 1. The minimum absolute atomic E-state index is 0.0415. The molecule has 1 aromatic heterocycles. The highest BCUT2D eigenvalue weighted by Crippen LogP contribution is 2.33. The second-order valence-electron chi connectivity index (χ2n) is 6.18. The average molecular weight is 367 g/mol. The number of aliphatic hydroxyl groups excluding tert-OH is 3. The number of hydrogen-bond donors (Lipinski definition) is 4. The Kier molecular flexibility index (Phi) is 5.67. The molecule has 1 aliphatic heterocycles. The van der Waals surface area contributed by atoms with Crippen LogP contribution in [0.15, 0.2) is 34.9 Å². The summed E-state index contributed by atoms with van der Waals surface area (Å²) in [6.45, 7) is 4.65. The van der Waals surface area contributed by atoms with Crippen LogP contribution in [0.4, 0.5) is 5.69 Å². The van der Waals surface area contributed by atoms with E-state index in [2.05, 4.69) is 20.0 Å². The number of aromatic amines is 1. The van der Waals surface area contributed by atoms with Crippen molar-refractivity contribution in [2.45, 2.75) is 12.8 Å². The molecule has 1 fully saturated rings. The second-order valence-corrected chi connectivity index (χ2v) is 6.63. The predicted molar refractivity (Wildman–Crippen MR) is 97.8 cm³/mol. The van der Waals surface area contributed by atoms with Crippen LogP contribution in [0.25, 0.3) is 5.57 Å². The maximum absolute atomic E-state index is 10.3. The third-order valence-electron chi connectivity index (χ3n) is 4.55. The predicted octanol–water partition coefficient (Wildman–Crippen LogP) is 2.15. The van der Waals surface area contributed by atoms with Crippen molar-refractivity contribution in [1.29, 1.82) is 0 Å². The van der Waals surface area contributed by atoms with Gasteiger partial charge in [0.15, 0.2) is 0 Å². The van der Waals surface area contributed by atoms with Crippen molar-refractivity contribution in [3.8, 4) is 0 Å². The van der Waals surface area contributed by atoms with E-state index in [0.29, 0.717) is 17.0 Å². The zero-order valence-electron chi connectivity index (χ0n) is 14.0. The van der Waals surface area contributed by atoms with E-state index in [-0.39, 0.29) is 18.1 Å². The SMILES string of the molecule is OCCCN1CCN(c2cn[nH]c2C2=CCC(Cl)=C(O)C=C2O)CC1. The molecule has 2 heterocycles. The van der Waals surface area contributed by atoms with Crippen LogP contribution in [0.3, 0.4) is 0 Å². The third-order valence-corrected chi connectivity index (χ3v) is 4.89. The van der Waals surface area contributed by atoms with Gasteiger partial charge in [-0.15, -0.1) is 0 Å². The summed E-state index contributed by atoms with van der Waals surface area (Å²) in [5.41, 5.74) is 2.22. The van der Waals surface area contributed by atoms with Crippen LogP contribution >= 0.6 is 11.6 Å². The van der Waals surface area contributed by atoms with Gasteiger partial charge in [0.1, 0.15) is 11.5 Å². The van der Waals surface area contributed by atoms with E-state index in [1.165, 1.54) is 6.08 Å². The molecule has 136 valence electrons. The van der Waals surface area contributed by atoms with Gasteiger partial charge in [0.25, 0.3) is 0 Å². The number of H-pyrrole nitrogens is 1. The van der Waals surface area contributed by atoms with Crippen molar-refractivity contribution >= 4 is 22.9 Å². The van der Waals surface area contributed by atoms with E-state index in [0.717, 1.165) is 50.5 Å². The van der Waals surface area contributed by atoms with Crippen LogP contribution in [0.2, 0.25) is 0 Å². The lowest BCUT2D eigenvalue weighted by Gasteiger charge is -2.35. The van der Waals surface area contributed by atoms with Crippen LogP contribution in [0.5, 0.6) is 0 Å². The van der Waals surface area contributed by atoms with Gasteiger partial charge >= 0.3 is 0 Å². The number of rotatable bonds is 5. The van der Waals surface area contributed by atoms with Crippen LogP contribution in [0, 0.1) is 0 Å². The standard InChI is InChI=1S/C17H23ClN4O3/c18-13-3-2-12(15(24)10-16(13)25)17-14(11-19-20-17)22-7-5-21(6-8-22)4-1-9-23/h2,10-11,23-25H,1,3-9H2,(H,19,20). The highest BCUT2D eigenvalue weighted by molar-refractivity contribution is 6.30. The largest absolute Gasteiger partial charge is 0.507 e. The first-order valence-corrected chi connectivity index (χ1v) is 8.78. The van der Waals surface area contributed by atoms with Crippen molar-refractivity contribution in [3.63, 3.8) is 0 Å². The Morgan fingerprint density at radius 3 is 2.68 bits per heavy atom. The summed E-state index contributed by atoms with van der Waals surface area (Å²) >= 11 is 5.98. The lowest BCUT2D eigenvalue weighted by Crippen LogP contribution is -2.46. The highest BCUT2D eigenvalue weighted by Gasteiger charge is 2.23. The number of hydrogen-bond acceptors (Lipinski definition) is 6. The first-order chi connectivity index (χ1) is 12.1. The Labute approximate surface area is 151 Å². The van der Waals surface area contributed by atoms with Crippen molar-refractivity contribution < 1.29 is 15.3 Å². The summed E-state index contributed by atoms with van der Waals surface area (Å²) < 4.78 is 0. The maximum Gasteiger partial charge on any atom is 0.134 e. The first kappa shape index (κ1) is 17.8. The Balaban J connectivity index is 1.75. The van der Waals surface area contributed by atoms with Gasteiger partial charge in [-0.25, -0.2) is 0 Å². The van der Waals surface area contributed by atoms with E-state index in [1.54, 1.807) is 12.3 Å². The molecule has 0 spiro atoms. The Bertz CT molecular complexity index is 703. The average Bonchev–Trinajstić information content (AvgIpc) is 3.05. The maximum atomic E-state index is 10.3. The molecular formula is C17H23ClN4O3. The smallest absolute Gasteiger partial charge is 0.134 e. The van der Waals surface area contributed by atoms with Gasteiger partial charge in [0, 0.05) is 57.4 Å². The Morgan fingerprint density at radius 2 is 1.96 bits per heavy atom. The number of allylic oxidation sites excluding steroid dienone is 4. The lowest BCUT2D eigenvalue weighted by atomic mass is 10.1. The molecule has 1 saturated heterocycles. The van der Waals surface area contributed by atoms with Crippen molar-refractivity contribution in [1.82, 2.24) is 15.1 Å². The number of anilines is 1. The molecule has 3 rings (SSSR count). The zero-order valence-corrected chi connectivity index (χ0v) is 14.7. The van der Waals surface area contributed by atoms with Gasteiger partial charge in [-0.1, -0.05) is 17.7 Å². The molecule has 25 heavy (non-hydrogen) atoms. The van der Waals surface area contributed by atoms with Gasteiger partial charge in [-0.3, -0.25) is 10.00 Å². The molecule has 7 nitrogen and oxygen atoms in total. The molecule has 0 atom stereocenters. The van der Waals surface area contributed by atoms with Crippen molar-refractivity contribution in [2.75, 3.05) is 44.2 Å².